The molecule has 2 aromatic rings. The Morgan fingerprint density at radius 2 is 2.03 bits per heavy atom. The van der Waals surface area contributed by atoms with Crippen LogP contribution in [0.1, 0.15) is 34.6 Å². The van der Waals surface area contributed by atoms with Crippen molar-refractivity contribution in [1.82, 2.24) is 9.47 Å². The number of ether oxygens (including phenoxy) is 2. The number of amides is 1. The lowest BCUT2D eigenvalue weighted by Crippen LogP contribution is -2.37. The van der Waals surface area contributed by atoms with Gasteiger partial charge in [-0.25, -0.2) is 0 Å². The van der Waals surface area contributed by atoms with Crippen molar-refractivity contribution in [3.63, 3.8) is 0 Å². The first-order valence-corrected chi connectivity index (χ1v) is 10.8. The van der Waals surface area contributed by atoms with Crippen LogP contribution in [0.2, 0.25) is 0 Å². The molecule has 0 aliphatic carbocycles. The summed E-state index contributed by atoms with van der Waals surface area (Å²) in [6.45, 7) is 7.14. The number of aromatic nitrogens is 1. The van der Waals surface area contributed by atoms with Crippen LogP contribution < -0.4 is 5.73 Å². The molecular weight excluding hydrogens is 390 g/mol. The largest absolute Gasteiger partial charge is 0.469 e. The Morgan fingerprint density at radius 1 is 1.28 bits per heavy atom. The Morgan fingerprint density at radius 3 is 2.66 bits per heavy atom. The molecule has 158 valence electrons. The average molecular weight is 420 g/mol. The molecule has 2 N–H and O–H groups in total. The van der Waals surface area contributed by atoms with E-state index in [0.29, 0.717) is 12.0 Å². The van der Waals surface area contributed by atoms with Gasteiger partial charge in [0.05, 0.1) is 32.3 Å². The summed E-state index contributed by atoms with van der Waals surface area (Å²) in [4.78, 5) is 27.5. The molecule has 0 unspecified atom stereocenters. The summed E-state index contributed by atoms with van der Waals surface area (Å²) in [6, 6.07) is 3.95. The van der Waals surface area contributed by atoms with Gasteiger partial charge in [-0.3, -0.25) is 14.5 Å². The number of nitrogens with zero attached hydrogens (tertiary/aromatic N) is 2. The van der Waals surface area contributed by atoms with E-state index in [2.05, 4.69) is 9.47 Å². The van der Waals surface area contributed by atoms with Gasteiger partial charge < -0.3 is 19.8 Å². The zero-order chi connectivity index (χ0) is 20.8. The predicted molar refractivity (Wildman–Crippen MR) is 113 cm³/mol. The number of thiophene rings is 1. The smallest absolute Gasteiger partial charge is 0.305 e. The van der Waals surface area contributed by atoms with Gasteiger partial charge in [-0.15, -0.1) is 11.3 Å². The van der Waals surface area contributed by atoms with Crippen LogP contribution in [0.25, 0.3) is 10.4 Å². The normalized spacial score (nSPS) is 14.8. The van der Waals surface area contributed by atoms with E-state index < -0.39 is 5.91 Å². The highest BCUT2D eigenvalue weighted by Crippen LogP contribution is 2.36. The zero-order valence-electron chi connectivity index (χ0n) is 17.1. The Hall–Kier alpha value is -2.16. The Bertz CT molecular complexity index is 839. The summed E-state index contributed by atoms with van der Waals surface area (Å²) < 4.78 is 12.4. The van der Waals surface area contributed by atoms with E-state index in [0.717, 1.165) is 67.6 Å². The third kappa shape index (κ3) is 5.07. The van der Waals surface area contributed by atoms with Gasteiger partial charge in [0, 0.05) is 48.0 Å². The topological polar surface area (TPSA) is 86.8 Å². The molecule has 7 nitrogen and oxygen atoms in total. The number of carbonyl (C=O) groups excluding carboxylic acids is 2. The van der Waals surface area contributed by atoms with Crippen molar-refractivity contribution in [2.24, 2.45) is 5.73 Å². The fourth-order valence-electron chi connectivity index (χ4n) is 3.95. The molecule has 0 bridgehead atoms. The Kier molecular flexibility index (Phi) is 7.46. The maximum absolute atomic E-state index is 12.3. The minimum atomic E-state index is -0.433. The molecule has 3 heterocycles. The quantitative estimate of drug-likeness (QED) is 0.631. The molecule has 0 spiro atoms. The summed E-state index contributed by atoms with van der Waals surface area (Å²) in [6.07, 6.45) is 1.72. The summed E-state index contributed by atoms with van der Waals surface area (Å²) >= 11 is 1.57. The van der Waals surface area contributed by atoms with E-state index in [4.69, 9.17) is 15.2 Å². The van der Waals surface area contributed by atoms with Gasteiger partial charge in [0.15, 0.2) is 0 Å². The Labute approximate surface area is 175 Å². The van der Waals surface area contributed by atoms with Gasteiger partial charge in [0.1, 0.15) is 0 Å². The van der Waals surface area contributed by atoms with Crippen molar-refractivity contribution in [2.75, 3.05) is 40.0 Å². The van der Waals surface area contributed by atoms with Gasteiger partial charge in [-0.1, -0.05) is 6.07 Å². The highest BCUT2D eigenvalue weighted by Gasteiger charge is 2.25. The number of morpholine rings is 1. The van der Waals surface area contributed by atoms with E-state index in [9.17, 15) is 9.59 Å². The van der Waals surface area contributed by atoms with Crippen LogP contribution in [0.5, 0.6) is 0 Å². The molecule has 8 heteroatoms. The van der Waals surface area contributed by atoms with Gasteiger partial charge in [-0.2, -0.15) is 0 Å². The molecule has 3 rings (SSSR count). The second-order valence-corrected chi connectivity index (χ2v) is 8.11. The highest BCUT2D eigenvalue weighted by molar-refractivity contribution is 7.13. The van der Waals surface area contributed by atoms with Crippen molar-refractivity contribution in [1.29, 1.82) is 0 Å². The lowest BCUT2D eigenvalue weighted by molar-refractivity contribution is -0.140. The zero-order valence-corrected chi connectivity index (χ0v) is 17.9. The van der Waals surface area contributed by atoms with E-state index in [-0.39, 0.29) is 12.4 Å². The summed E-state index contributed by atoms with van der Waals surface area (Å²) in [5.74, 6) is -0.696. The van der Waals surface area contributed by atoms with Crippen molar-refractivity contribution in [3.05, 3.63) is 34.5 Å². The summed E-state index contributed by atoms with van der Waals surface area (Å²) in [5, 5.41) is 1.98. The Balaban J connectivity index is 1.90. The van der Waals surface area contributed by atoms with Crippen molar-refractivity contribution in [2.45, 2.75) is 32.7 Å². The predicted octanol–water partition coefficient (Wildman–Crippen LogP) is 2.45. The first-order valence-electron chi connectivity index (χ1n) is 9.95. The van der Waals surface area contributed by atoms with Gasteiger partial charge >= 0.3 is 5.97 Å². The van der Waals surface area contributed by atoms with Crippen LogP contribution in [0, 0.1) is 6.92 Å². The first kappa shape index (κ1) is 21.5. The molecule has 1 amide bonds. The molecule has 1 saturated heterocycles. The van der Waals surface area contributed by atoms with Crippen LogP contribution in [-0.2, 0) is 27.2 Å². The van der Waals surface area contributed by atoms with Gasteiger partial charge in [0.2, 0.25) is 0 Å². The molecule has 0 radical (unpaired) electrons. The van der Waals surface area contributed by atoms with Crippen LogP contribution in [0.3, 0.4) is 0 Å². The highest BCUT2D eigenvalue weighted by atomic mass is 32.1. The molecule has 2 aromatic heterocycles. The van der Waals surface area contributed by atoms with Crippen LogP contribution in [0.15, 0.2) is 17.5 Å². The fourth-order valence-corrected chi connectivity index (χ4v) is 4.75. The first-order chi connectivity index (χ1) is 14.0. The molecule has 1 aliphatic rings. The van der Waals surface area contributed by atoms with Crippen LogP contribution in [0.4, 0.5) is 0 Å². The number of rotatable bonds is 9. The SMILES string of the molecule is COC(=O)CCc1c(-c2cccs2)c(C(N)=O)c(C)n1CCCN1CCOCC1. The molecular formula is C21H29N3O4S. The number of esters is 1. The van der Waals surface area contributed by atoms with Crippen molar-refractivity contribution in [3.8, 4) is 10.4 Å². The third-order valence-electron chi connectivity index (χ3n) is 5.40. The molecule has 0 aromatic carbocycles. The average Bonchev–Trinajstić information content (AvgIpc) is 3.33. The van der Waals surface area contributed by atoms with Gasteiger partial charge in [-0.05, 0) is 31.2 Å². The number of carbonyl (C=O) groups is 2. The summed E-state index contributed by atoms with van der Waals surface area (Å²) in [7, 11) is 1.39. The van der Waals surface area contributed by atoms with E-state index in [1.54, 1.807) is 11.3 Å². The molecule has 0 atom stereocenters. The fraction of sp³-hybridized carbons (Fsp3) is 0.524. The van der Waals surface area contributed by atoms with Gasteiger partial charge in [0.25, 0.3) is 5.91 Å². The third-order valence-corrected chi connectivity index (χ3v) is 6.29. The standard InChI is InChI=1S/C21H29N3O4S/c1-15-19(21(22)26)20(17-5-3-14-29-17)16(6-7-18(25)27-2)24(15)9-4-8-23-10-12-28-13-11-23/h3,5,14H,4,6-13H2,1-2H3,(H2,22,26). The maximum atomic E-state index is 12.3. The number of primary amides is 1. The molecule has 0 saturated carbocycles. The number of hydrogen-bond donors (Lipinski definition) is 1. The lowest BCUT2D eigenvalue weighted by atomic mass is 10.0. The second kappa shape index (κ2) is 10.0. The van der Waals surface area contributed by atoms with Crippen LogP contribution in [-0.4, -0.2) is 61.3 Å². The minimum Gasteiger partial charge on any atom is -0.469 e. The number of methoxy groups -OCH3 is 1. The van der Waals surface area contributed by atoms with Crippen molar-refractivity contribution >= 4 is 23.2 Å². The number of nitrogens with two attached hydrogens (primary N) is 1. The summed E-state index contributed by atoms with van der Waals surface area (Å²) in [5.41, 5.74) is 9.03. The number of hydrogen-bond acceptors (Lipinski definition) is 6. The van der Waals surface area contributed by atoms with Crippen molar-refractivity contribution < 1.29 is 19.1 Å². The maximum Gasteiger partial charge on any atom is 0.305 e. The molecule has 1 aliphatic heterocycles. The van der Waals surface area contributed by atoms with E-state index >= 15 is 0 Å². The van der Waals surface area contributed by atoms with E-state index in [1.165, 1.54) is 7.11 Å². The molecule has 1 fully saturated rings. The molecule has 29 heavy (non-hydrogen) atoms. The van der Waals surface area contributed by atoms with Crippen LogP contribution >= 0.6 is 11.3 Å². The van der Waals surface area contributed by atoms with E-state index in [1.807, 2.05) is 24.4 Å². The minimum absolute atomic E-state index is 0.263. The second-order valence-electron chi connectivity index (χ2n) is 7.16. The lowest BCUT2D eigenvalue weighted by Gasteiger charge is -2.26. The monoisotopic (exact) mass is 419 g/mol.